The van der Waals surface area contributed by atoms with E-state index in [1.165, 1.54) is 61.2 Å². The number of hydrogen-bond acceptors (Lipinski definition) is 5. The van der Waals surface area contributed by atoms with Gasteiger partial charge in [-0.1, -0.05) is 403 Å². The van der Waals surface area contributed by atoms with Crippen molar-refractivity contribution in [1.29, 1.82) is 5.26 Å². The lowest BCUT2D eigenvalue weighted by molar-refractivity contribution is 0.622. The van der Waals surface area contributed by atoms with Crippen molar-refractivity contribution in [2.45, 2.75) is 67.5 Å². The molecule has 0 saturated carbocycles. The van der Waals surface area contributed by atoms with Gasteiger partial charge >= 0.3 is 0 Å². The molecular formula is C138H104F2N6. The van der Waals surface area contributed by atoms with Crippen LogP contribution in [-0.2, 0) is 0 Å². The summed E-state index contributed by atoms with van der Waals surface area (Å²) in [6.07, 6.45) is 35.9. The number of nitrogens with zero attached hydrogens (tertiary/aromatic N) is 6. The van der Waals surface area contributed by atoms with Crippen LogP contribution in [0.25, 0.3) is 93.9 Å². The highest BCUT2D eigenvalue weighted by molar-refractivity contribution is 5.97. The summed E-state index contributed by atoms with van der Waals surface area (Å²) < 4.78 is 33.4. The van der Waals surface area contributed by atoms with E-state index in [2.05, 4.69) is 462 Å². The predicted molar refractivity (Wildman–Crippen MR) is 602 cm³/mol. The molecule has 6 nitrogen and oxygen atoms in total. The summed E-state index contributed by atoms with van der Waals surface area (Å²) in [5, 5.41) is 10.8. The fourth-order valence-electron chi connectivity index (χ4n) is 22.0. The molecule has 0 aromatic heterocycles. The summed E-state index contributed by atoms with van der Waals surface area (Å²) in [5.41, 5.74) is 47.8. The van der Waals surface area contributed by atoms with Crippen molar-refractivity contribution in [3.63, 3.8) is 0 Å². The minimum absolute atomic E-state index is 0.103. The van der Waals surface area contributed by atoms with E-state index in [1.807, 2.05) is 60.7 Å². The Morgan fingerprint density at radius 1 is 0.267 bits per heavy atom. The summed E-state index contributed by atoms with van der Waals surface area (Å²) in [6.45, 7) is 25.4. The number of halogens is 2. The zero-order valence-electron chi connectivity index (χ0n) is 82.6. The molecule has 16 aromatic carbocycles. The molecule has 0 saturated heterocycles. The van der Waals surface area contributed by atoms with Crippen molar-refractivity contribution in [1.82, 2.24) is 0 Å². The molecule has 0 heterocycles. The van der Waals surface area contributed by atoms with E-state index >= 15 is 8.78 Å². The molecule has 16 aromatic rings. The molecule has 0 bridgehead atoms. The van der Waals surface area contributed by atoms with E-state index < -0.39 is 0 Å². The monoisotopic (exact) mass is 1880 g/mol. The number of benzene rings is 16. The van der Waals surface area contributed by atoms with Gasteiger partial charge in [-0.3, -0.25) is 0 Å². The predicted octanol–water partition coefficient (Wildman–Crippen LogP) is 36.1. The summed E-state index contributed by atoms with van der Waals surface area (Å²) >= 11 is 0. The number of anilines is 8. The minimum Gasteiger partial charge on any atom is -0.329 e. The van der Waals surface area contributed by atoms with Gasteiger partial charge in [-0.15, -0.1) is 0 Å². The molecular weight excluding hydrogens is 1780 g/mol. The van der Waals surface area contributed by atoms with Crippen molar-refractivity contribution in [3.05, 3.63) is 601 Å². The van der Waals surface area contributed by atoms with Crippen LogP contribution >= 0.6 is 0 Å². The summed E-state index contributed by atoms with van der Waals surface area (Å²) in [7, 11) is 0. The first kappa shape index (κ1) is 91.7. The first-order valence-corrected chi connectivity index (χ1v) is 50.1. The summed E-state index contributed by atoms with van der Waals surface area (Å²) in [6, 6.07) is 128. The zero-order chi connectivity index (χ0) is 99.5. The Labute approximate surface area is 854 Å². The van der Waals surface area contributed by atoms with Crippen LogP contribution in [0, 0.1) is 96.8 Å². The van der Waals surface area contributed by atoms with Crippen molar-refractivity contribution < 1.29 is 8.78 Å². The molecule has 24 rings (SSSR count). The normalized spacial score (nSPS) is 16.2. The van der Waals surface area contributed by atoms with Crippen LogP contribution in [0.15, 0.2) is 528 Å². The van der Waals surface area contributed by atoms with Gasteiger partial charge in [-0.2, -0.15) is 5.26 Å². The maximum atomic E-state index is 16.7. The highest BCUT2D eigenvalue weighted by atomic mass is 19.1. The van der Waals surface area contributed by atoms with Gasteiger partial charge in [0.2, 0.25) is 5.69 Å². The second-order valence-corrected chi connectivity index (χ2v) is 39.2. The Bertz CT molecular complexity index is 8560. The van der Waals surface area contributed by atoms with Gasteiger partial charge in [-0.05, 0) is 281 Å². The van der Waals surface area contributed by atoms with Crippen molar-refractivity contribution in [3.8, 4) is 95.1 Å². The lowest BCUT2D eigenvalue weighted by Gasteiger charge is -2.44. The number of nitriles is 1. The standard InChI is InChI=1S/C70H52N4.C68H52F2N2/c1-45-14-22-49(23-15-45)55-34-40-66(60(42-55)51-26-18-47(3)19-27-51)73(63-12-8-6-10-57(63)44-71)64-38-32-53-31-37-59-65(39-33-54-30-36-58(64)69(53)70(54)59)74(68-13-9-7-11-62(68)72-5)67-41-35-56(50-24-16-46(2)17-25-50)43-61(67)52-28-20-48(4)21-29-52;1-43-13-21-47(22-14-43)53-33-39-63(57(41-53)49-25-17-45(3)18-26-49)71(65-11-7-5-9-59(65)69)61-37-31-51-30-36-56-62(38-32-52-29-35-55(61)67(51)68(52)56)72(66-12-8-6-10-60(66)70)64-40-34-54(48-23-15-44(2)16-24-48)42-58(64)50-27-19-46(4)20-28-50/h6-43,64,70H,1-4H3;5-42,61,68H,1-4H3. The van der Waals surface area contributed by atoms with Crippen molar-refractivity contribution in [2.75, 3.05) is 19.6 Å². The quantitative estimate of drug-likeness (QED) is 0.0712. The molecule has 0 radical (unpaired) electrons. The van der Waals surface area contributed by atoms with Crippen LogP contribution in [-0.4, -0.2) is 12.1 Å². The van der Waals surface area contributed by atoms with E-state index in [9.17, 15) is 5.26 Å². The lowest BCUT2D eigenvalue weighted by Crippen LogP contribution is -2.38. The van der Waals surface area contributed by atoms with Gasteiger partial charge in [0.15, 0.2) is 0 Å². The van der Waals surface area contributed by atoms with E-state index in [0.29, 0.717) is 22.6 Å². The number of allylic oxidation sites excluding steroid dienone is 20. The van der Waals surface area contributed by atoms with Gasteiger partial charge in [0.05, 0.1) is 64.0 Å². The molecule has 8 heteroatoms. The van der Waals surface area contributed by atoms with Crippen molar-refractivity contribution in [2.24, 2.45) is 11.8 Å². The SMILES string of the molecule is Cc1ccc(-c2ccc(N(C3=C4C=CC5=C6C(=CC=C(C=C3)C46)C(N(c3ccccc3F)c3ccc(-c4ccc(C)cc4)cc3-c3ccc(C)cc3)C=C5)c3ccccc3F)c(-c3ccc(C)cc3)c2)cc1.[C-]#[N+]c1ccccc1N(C1=C2C=CC3=C4C(=CC=C(C=C1)C24)C(N(c1ccccc1C#N)c1ccc(-c2ccc(C)cc2)cc1-c1ccc(C)cc1)C=C3)c1ccc(-c2ccc(C)cc2)cc1-c1ccc(C)cc1. The number of hydrogen-bond donors (Lipinski definition) is 0. The average molecular weight is 1880 g/mol. The van der Waals surface area contributed by atoms with Crippen LogP contribution < -0.4 is 19.6 Å². The third kappa shape index (κ3) is 17.2. The van der Waals surface area contributed by atoms with Gasteiger partial charge < -0.3 is 19.6 Å². The second-order valence-electron chi connectivity index (χ2n) is 39.2. The third-order valence-electron chi connectivity index (χ3n) is 29.7. The Kier molecular flexibility index (Phi) is 24.3. The van der Waals surface area contributed by atoms with Crippen LogP contribution in [0.2, 0.25) is 0 Å². The van der Waals surface area contributed by atoms with Crippen LogP contribution in [0.4, 0.5) is 60.0 Å². The van der Waals surface area contributed by atoms with Gasteiger partial charge in [0.25, 0.3) is 0 Å². The summed E-state index contributed by atoms with van der Waals surface area (Å²) in [5.74, 6) is -0.903. The Balaban J connectivity index is 0.000000161. The Morgan fingerprint density at radius 3 is 0.918 bits per heavy atom. The molecule has 8 aliphatic carbocycles. The summed E-state index contributed by atoms with van der Waals surface area (Å²) in [4.78, 5) is 13.2. The van der Waals surface area contributed by atoms with Crippen LogP contribution in [0.5, 0.6) is 0 Å². The number of aryl methyl sites for hydroxylation is 8. The molecule has 0 fully saturated rings. The van der Waals surface area contributed by atoms with E-state index in [4.69, 9.17) is 6.57 Å². The second kappa shape index (κ2) is 38.7. The lowest BCUT2D eigenvalue weighted by atomic mass is 9.67. The first-order valence-electron chi connectivity index (χ1n) is 50.1. The molecule has 4 unspecified atom stereocenters. The van der Waals surface area contributed by atoms with Crippen molar-refractivity contribution >= 4 is 51.2 Å². The minimum atomic E-state index is -0.389. The zero-order valence-corrected chi connectivity index (χ0v) is 82.6. The Morgan fingerprint density at radius 2 is 0.562 bits per heavy atom. The smallest absolute Gasteiger partial charge is 0.210 e. The molecule has 0 N–H and O–H groups in total. The third-order valence-corrected chi connectivity index (χ3v) is 29.7. The first-order chi connectivity index (χ1) is 71.4. The molecule has 0 aliphatic heterocycles. The van der Waals surface area contributed by atoms with Gasteiger partial charge in [0, 0.05) is 51.2 Å². The van der Waals surface area contributed by atoms with E-state index in [0.717, 1.165) is 174 Å². The van der Waals surface area contributed by atoms with Crippen LogP contribution in [0.3, 0.4) is 0 Å². The highest BCUT2D eigenvalue weighted by Crippen LogP contribution is 2.58. The topological polar surface area (TPSA) is 41.1 Å². The van der Waals surface area contributed by atoms with E-state index in [1.54, 1.807) is 24.3 Å². The molecule has 4 atom stereocenters. The fraction of sp³-hybridized carbons (Fsp3) is 0.0870. The van der Waals surface area contributed by atoms with E-state index in [-0.39, 0.29) is 35.6 Å². The van der Waals surface area contributed by atoms with Gasteiger partial charge in [0.1, 0.15) is 17.7 Å². The maximum absolute atomic E-state index is 16.7. The Hall–Kier alpha value is -18.1. The largest absolute Gasteiger partial charge is 0.329 e. The molecule has 0 amide bonds. The highest BCUT2D eigenvalue weighted by Gasteiger charge is 2.44. The number of rotatable bonds is 20. The van der Waals surface area contributed by atoms with Crippen LogP contribution in [0.1, 0.15) is 50.1 Å². The molecule has 0 spiro atoms. The number of para-hydroxylation sites is 5. The maximum Gasteiger partial charge on any atom is 0.210 e. The fourth-order valence-corrected chi connectivity index (χ4v) is 22.0. The average Bonchev–Trinajstić information content (AvgIpc) is 0.716. The van der Waals surface area contributed by atoms with Gasteiger partial charge in [-0.25, -0.2) is 13.6 Å². The molecule has 700 valence electrons. The molecule has 146 heavy (non-hydrogen) atoms. The molecule has 8 aliphatic rings.